The summed E-state index contributed by atoms with van der Waals surface area (Å²) >= 11 is 6.20. The van der Waals surface area contributed by atoms with Gasteiger partial charge >= 0.3 is 6.03 Å². The Bertz CT molecular complexity index is 1410. The van der Waals surface area contributed by atoms with Crippen LogP contribution in [0, 0.1) is 12.7 Å². The second-order valence-corrected chi connectivity index (χ2v) is 9.29. The molecule has 1 heterocycles. The van der Waals surface area contributed by atoms with Gasteiger partial charge in [0.25, 0.3) is 0 Å². The van der Waals surface area contributed by atoms with Crippen LogP contribution in [0.3, 0.4) is 0 Å². The molecule has 7 nitrogen and oxygen atoms in total. The van der Waals surface area contributed by atoms with Crippen LogP contribution in [-0.4, -0.2) is 39.7 Å². The first-order valence-electron chi connectivity index (χ1n) is 12.4. The number of nitrogens with one attached hydrogen (secondary N) is 2. The highest BCUT2D eigenvalue weighted by Gasteiger charge is 2.20. The Hall–Kier alpha value is -4.17. The SMILES string of the molecule is CCCCN(CC(=O)Nc1cc(-c2ccccc2)nn1-c1ccc(F)cc1)C(=O)Nc1ccc(C)c(Cl)c1. The lowest BCUT2D eigenvalue weighted by Gasteiger charge is -2.22. The number of unbranched alkanes of at least 4 members (excludes halogenated alkanes) is 1. The maximum Gasteiger partial charge on any atom is 0.322 e. The van der Waals surface area contributed by atoms with Crippen LogP contribution < -0.4 is 10.6 Å². The summed E-state index contributed by atoms with van der Waals surface area (Å²) < 4.78 is 15.1. The Morgan fingerprint density at radius 2 is 1.74 bits per heavy atom. The number of rotatable bonds is 9. The maximum atomic E-state index is 13.6. The fourth-order valence-electron chi connectivity index (χ4n) is 3.83. The van der Waals surface area contributed by atoms with Crippen molar-refractivity contribution in [1.29, 1.82) is 0 Å². The summed E-state index contributed by atoms with van der Waals surface area (Å²) in [5, 5.41) is 10.9. The van der Waals surface area contributed by atoms with E-state index in [-0.39, 0.29) is 18.3 Å². The van der Waals surface area contributed by atoms with Crippen molar-refractivity contribution in [3.05, 3.63) is 95.3 Å². The van der Waals surface area contributed by atoms with Crippen molar-refractivity contribution in [3.63, 3.8) is 0 Å². The molecule has 0 fully saturated rings. The van der Waals surface area contributed by atoms with Gasteiger partial charge in [0.2, 0.25) is 5.91 Å². The van der Waals surface area contributed by atoms with Crippen molar-refractivity contribution >= 4 is 35.0 Å². The van der Waals surface area contributed by atoms with Crippen molar-refractivity contribution in [2.75, 3.05) is 23.7 Å². The Morgan fingerprint density at radius 1 is 1.00 bits per heavy atom. The first kappa shape index (κ1) is 26.9. The third-order valence-corrected chi connectivity index (χ3v) is 6.35. The standard InChI is InChI=1S/C29H29ClFN5O2/c1-3-4-16-35(29(38)32-23-13-10-20(2)25(30)17-23)19-28(37)33-27-18-26(21-8-6-5-7-9-21)34-36(27)24-14-11-22(31)12-15-24/h5-15,17-18H,3-4,16,19H2,1-2H3,(H,32,38)(H,33,37). The van der Waals surface area contributed by atoms with Gasteiger partial charge in [-0.1, -0.05) is 61.3 Å². The number of halogens is 2. The lowest BCUT2D eigenvalue weighted by Crippen LogP contribution is -2.41. The molecule has 0 aliphatic carbocycles. The van der Waals surface area contributed by atoms with Gasteiger partial charge in [0.15, 0.2) is 0 Å². The first-order chi connectivity index (χ1) is 18.3. The van der Waals surface area contributed by atoms with E-state index in [1.54, 1.807) is 35.0 Å². The molecular weight excluding hydrogens is 505 g/mol. The summed E-state index contributed by atoms with van der Waals surface area (Å²) in [6, 6.07) is 22.0. The number of hydrogen-bond acceptors (Lipinski definition) is 3. The molecule has 0 atom stereocenters. The van der Waals surface area contributed by atoms with Crippen molar-refractivity contribution in [2.24, 2.45) is 0 Å². The Morgan fingerprint density at radius 3 is 2.42 bits per heavy atom. The number of aromatic nitrogens is 2. The van der Waals surface area contributed by atoms with E-state index in [0.29, 0.717) is 34.5 Å². The number of carbonyl (C=O) groups is 2. The Kier molecular flexibility index (Phi) is 8.76. The van der Waals surface area contributed by atoms with Crippen molar-refractivity contribution < 1.29 is 14.0 Å². The zero-order valence-corrected chi connectivity index (χ0v) is 22.0. The molecule has 3 amide bonds. The highest BCUT2D eigenvalue weighted by molar-refractivity contribution is 6.31. The zero-order valence-electron chi connectivity index (χ0n) is 21.2. The summed E-state index contributed by atoms with van der Waals surface area (Å²) in [5.41, 5.74) is 3.54. The van der Waals surface area contributed by atoms with Crippen LogP contribution in [0.1, 0.15) is 25.3 Å². The second-order valence-electron chi connectivity index (χ2n) is 8.89. The van der Waals surface area contributed by atoms with Gasteiger partial charge in [-0.25, -0.2) is 13.9 Å². The fourth-order valence-corrected chi connectivity index (χ4v) is 4.01. The predicted octanol–water partition coefficient (Wildman–Crippen LogP) is 6.91. The van der Waals surface area contributed by atoms with E-state index >= 15 is 0 Å². The lowest BCUT2D eigenvalue weighted by atomic mass is 10.1. The largest absolute Gasteiger partial charge is 0.322 e. The molecule has 9 heteroatoms. The van der Waals surface area contributed by atoms with Crippen LogP contribution in [0.25, 0.3) is 16.9 Å². The number of amides is 3. The van der Waals surface area contributed by atoms with Crippen LogP contribution in [0.2, 0.25) is 5.02 Å². The van der Waals surface area contributed by atoms with Crippen LogP contribution in [0.5, 0.6) is 0 Å². The quantitative estimate of drug-likeness (QED) is 0.245. The number of urea groups is 1. The topological polar surface area (TPSA) is 79.3 Å². The summed E-state index contributed by atoms with van der Waals surface area (Å²) in [5.74, 6) is -0.357. The second kappa shape index (κ2) is 12.4. The Balaban J connectivity index is 1.55. The number of aryl methyl sites for hydroxylation is 1. The van der Waals surface area contributed by atoms with E-state index in [9.17, 15) is 14.0 Å². The molecule has 0 aliphatic heterocycles. The number of hydrogen-bond donors (Lipinski definition) is 2. The van der Waals surface area contributed by atoms with Crippen LogP contribution >= 0.6 is 11.6 Å². The summed E-state index contributed by atoms with van der Waals surface area (Å²) in [6.45, 7) is 4.14. The molecule has 3 aromatic carbocycles. The van der Waals surface area contributed by atoms with Gasteiger partial charge in [-0.3, -0.25) is 4.79 Å². The summed E-state index contributed by atoms with van der Waals surface area (Å²) in [6.07, 6.45) is 1.60. The van der Waals surface area contributed by atoms with E-state index in [1.807, 2.05) is 50.2 Å². The molecule has 196 valence electrons. The fraction of sp³-hybridized carbons (Fsp3) is 0.207. The normalized spacial score (nSPS) is 10.7. The molecular formula is C29H29ClFN5O2. The molecule has 0 radical (unpaired) electrons. The van der Waals surface area contributed by atoms with E-state index in [4.69, 9.17) is 11.6 Å². The minimum absolute atomic E-state index is 0.166. The Labute approximate surface area is 226 Å². The molecule has 0 unspecified atom stereocenters. The van der Waals surface area contributed by atoms with Gasteiger partial charge in [0.05, 0.1) is 11.4 Å². The minimum atomic E-state index is -0.398. The smallest absolute Gasteiger partial charge is 0.315 e. The van der Waals surface area contributed by atoms with Crippen molar-refractivity contribution in [2.45, 2.75) is 26.7 Å². The molecule has 1 aromatic heterocycles. The number of carbonyl (C=O) groups excluding carboxylic acids is 2. The first-order valence-corrected chi connectivity index (χ1v) is 12.7. The molecule has 38 heavy (non-hydrogen) atoms. The van der Waals surface area contributed by atoms with Crippen molar-refractivity contribution in [1.82, 2.24) is 14.7 Å². The predicted molar refractivity (Wildman–Crippen MR) is 149 cm³/mol. The molecule has 0 saturated heterocycles. The third-order valence-electron chi connectivity index (χ3n) is 5.94. The average molecular weight is 534 g/mol. The van der Waals surface area contributed by atoms with E-state index in [0.717, 1.165) is 24.0 Å². The molecule has 4 aromatic rings. The third kappa shape index (κ3) is 6.77. The van der Waals surface area contributed by atoms with Gasteiger partial charge < -0.3 is 15.5 Å². The highest BCUT2D eigenvalue weighted by Crippen LogP contribution is 2.25. The van der Waals surface area contributed by atoms with E-state index in [1.165, 1.54) is 17.0 Å². The average Bonchev–Trinajstić information content (AvgIpc) is 3.33. The molecule has 4 rings (SSSR count). The molecule has 0 spiro atoms. The lowest BCUT2D eigenvalue weighted by molar-refractivity contribution is -0.116. The van der Waals surface area contributed by atoms with Crippen LogP contribution in [-0.2, 0) is 4.79 Å². The molecule has 0 aliphatic rings. The number of anilines is 2. The maximum absolute atomic E-state index is 13.6. The van der Waals surface area contributed by atoms with Gasteiger partial charge in [-0.2, -0.15) is 5.10 Å². The van der Waals surface area contributed by atoms with Crippen molar-refractivity contribution in [3.8, 4) is 16.9 Å². The van der Waals surface area contributed by atoms with Gasteiger partial charge in [0, 0.05) is 28.9 Å². The van der Waals surface area contributed by atoms with Gasteiger partial charge in [-0.05, 0) is 55.3 Å². The van der Waals surface area contributed by atoms with Crippen LogP contribution in [0.4, 0.5) is 20.7 Å². The van der Waals surface area contributed by atoms with Gasteiger partial charge in [-0.15, -0.1) is 0 Å². The number of benzene rings is 3. The molecule has 2 N–H and O–H groups in total. The van der Waals surface area contributed by atoms with Crippen LogP contribution in [0.15, 0.2) is 78.9 Å². The highest BCUT2D eigenvalue weighted by atomic mass is 35.5. The summed E-state index contributed by atoms with van der Waals surface area (Å²) in [7, 11) is 0. The van der Waals surface area contributed by atoms with E-state index in [2.05, 4.69) is 15.7 Å². The summed E-state index contributed by atoms with van der Waals surface area (Å²) in [4.78, 5) is 27.7. The monoisotopic (exact) mass is 533 g/mol. The zero-order chi connectivity index (χ0) is 27.1. The minimum Gasteiger partial charge on any atom is -0.315 e. The molecule has 0 bridgehead atoms. The molecule has 0 saturated carbocycles. The van der Waals surface area contributed by atoms with Gasteiger partial charge in [0.1, 0.15) is 18.2 Å². The van der Waals surface area contributed by atoms with E-state index < -0.39 is 6.03 Å². The number of nitrogens with zero attached hydrogens (tertiary/aromatic N) is 3.